The lowest BCUT2D eigenvalue weighted by molar-refractivity contribution is -0.113. The standard InChI is InChI=1S/C21H22N4O3S/c1-3-25(4-2)20(27)16-10-12-17(13-11-16)22-18(26)14-29-21-24-23-19(28-21)15-8-6-5-7-9-15/h5-13H,3-4,14H2,1-2H3,(H,22,26). The summed E-state index contributed by atoms with van der Waals surface area (Å²) in [6.45, 7) is 5.21. The van der Waals surface area contributed by atoms with Gasteiger partial charge in [-0.2, -0.15) is 0 Å². The molecule has 1 N–H and O–H groups in total. The number of benzene rings is 2. The van der Waals surface area contributed by atoms with Gasteiger partial charge in [-0.1, -0.05) is 30.0 Å². The van der Waals surface area contributed by atoms with Gasteiger partial charge in [-0.3, -0.25) is 9.59 Å². The van der Waals surface area contributed by atoms with Crippen LogP contribution in [0, 0.1) is 0 Å². The van der Waals surface area contributed by atoms with Crippen LogP contribution in [0.5, 0.6) is 0 Å². The van der Waals surface area contributed by atoms with Gasteiger partial charge in [-0.05, 0) is 50.2 Å². The molecule has 0 saturated carbocycles. The third-order valence-corrected chi connectivity index (χ3v) is 5.04. The Bertz CT molecular complexity index is 954. The van der Waals surface area contributed by atoms with Gasteiger partial charge >= 0.3 is 0 Å². The average Bonchev–Trinajstić information content (AvgIpc) is 3.23. The number of hydrogen-bond acceptors (Lipinski definition) is 6. The first-order valence-electron chi connectivity index (χ1n) is 9.31. The number of rotatable bonds is 8. The van der Waals surface area contributed by atoms with Crippen molar-refractivity contribution in [2.75, 3.05) is 24.2 Å². The summed E-state index contributed by atoms with van der Waals surface area (Å²) in [5.41, 5.74) is 2.05. The Labute approximate surface area is 173 Å². The number of aromatic nitrogens is 2. The summed E-state index contributed by atoms with van der Waals surface area (Å²) in [5.74, 6) is 0.338. The van der Waals surface area contributed by atoms with Crippen LogP contribution < -0.4 is 5.32 Å². The Kier molecular flexibility index (Phi) is 7.02. The highest BCUT2D eigenvalue weighted by molar-refractivity contribution is 7.99. The van der Waals surface area contributed by atoms with E-state index in [4.69, 9.17) is 4.42 Å². The Morgan fingerprint density at radius 1 is 1.00 bits per heavy atom. The fourth-order valence-corrected chi connectivity index (χ4v) is 3.24. The molecule has 0 aliphatic heterocycles. The Morgan fingerprint density at radius 3 is 2.34 bits per heavy atom. The lowest BCUT2D eigenvalue weighted by Gasteiger charge is -2.18. The van der Waals surface area contributed by atoms with Crippen LogP contribution in [0.1, 0.15) is 24.2 Å². The van der Waals surface area contributed by atoms with Crippen LogP contribution in [-0.2, 0) is 4.79 Å². The largest absolute Gasteiger partial charge is 0.411 e. The minimum atomic E-state index is -0.197. The number of carbonyl (C=O) groups excluding carboxylic acids is 2. The monoisotopic (exact) mass is 410 g/mol. The van der Waals surface area contributed by atoms with E-state index in [0.717, 1.165) is 5.56 Å². The van der Waals surface area contributed by atoms with E-state index in [9.17, 15) is 9.59 Å². The number of nitrogens with one attached hydrogen (secondary N) is 1. The predicted molar refractivity (Wildman–Crippen MR) is 113 cm³/mol. The molecule has 7 nitrogen and oxygen atoms in total. The highest BCUT2D eigenvalue weighted by Crippen LogP contribution is 2.23. The normalized spacial score (nSPS) is 10.6. The molecule has 0 radical (unpaired) electrons. The summed E-state index contributed by atoms with van der Waals surface area (Å²) in [6.07, 6.45) is 0. The summed E-state index contributed by atoms with van der Waals surface area (Å²) in [6, 6.07) is 16.3. The maximum Gasteiger partial charge on any atom is 0.277 e. The van der Waals surface area contributed by atoms with Crippen molar-refractivity contribution in [2.24, 2.45) is 0 Å². The first-order chi connectivity index (χ1) is 14.1. The molecule has 2 aromatic carbocycles. The van der Waals surface area contributed by atoms with Crippen molar-refractivity contribution >= 4 is 29.3 Å². The first kappa shape index (κ1) is 20.6. The van der Waals surface area contributed by atoms with Crippen molar-refractivity contribution < 1.29 is 14.0 Å². The lowest BCUT2D eigenvalue weighted by atomic mass is 10.2. The van der Waals surface area contributed by atoms with Crippen LogP contribution in [0.4, 0.5) is 5.69 Å². The molecule has 29 heavy (non-hydrogen) atoms. The summed E-state index contributed by atoms with van der Waals surface area (Å²) < 4.78 is 5.57. The zero-order valence-electron chi connectivity index (χ0n) is 16.3. The first-order valence-corrected chi connectivity index (χ1v) is 10.3. The van der Waals surface area contributed by atoms with Crippen LogP contribution >= 0.6 is 11.8 Å². The maximum atomic E-state index is 12.3. The van der Waals surface area contributed by atoms with Gasteiger partial charge in [0.2, 0.25) is 11.8 Å². The second-order valence-corrected chi connectivity index (χ2v) is 7.06. The maximum absolute atomic E-state index is 12.3. The SMILES string of the molecule is CCN(CC)C(=O)c1ccc(NC(=O)CSc2nnc(-c3ccccc3)o2)cc1. The van der Waals surface area contributed by atoms with Crippen LogP contribution in [0.2, 0.25) is 0 Å². The Morgan fingerprint density at radius 2 is 1.69 bits per heavy atom. The van der Waals surface area contributed by atoms with Gasteiger partial charge in [0.25, 0.3) is 11.1 Å². The molecular weight excluding hydrogens is 388 g/mol. The zero-order valence-corrected chi connectivity index (χ0v) is 17.1. The van der Waals surface area contributed by atoms with Crippen molar-refractivity contribution in [1.29, 1.82) is 0 Å². The van der Waals surface area contributed by atoms with E-state index >= 15 is 0 Å². The zero-order chi connectivity index (χ0) is 20.6. The third-order valence-electron chi connectivity index (χ3n) is 4.22. The van der Waals surface area contributed by atoms with E-state index in [0.29, 0.717) is 35.5 Å². The summed E-state index contributed by atoms with van der Waals surface area (Å²) >= 11 is 1.17. The van der Waals surface area contributed by atoms with E-state index < -0.39 is 0 Å². The van der Waals surface area contributed by atoms with Gasteiger partial charge in [0.1, 0.15) is 0 Å². The highest BCUT2D eigenvalue weighted by atomic mass is 32.2. The van der Waals surface area contributed by atoms with E-state index in [2.05, 4.69) is 15.5 Å². The topological polar surface area (TPSA) is 88.3 Å². The minimum absolute atomic E-state index is 0.0194. The van der Waals surface area contributed by atoms with Gasteiger partial charge in [0.05, 0.1) is 5.75 Å². The van der Waals surface area contributed by atoms with Crippen LogP contribution in [0.3, 0.4) is 0 Å². The molecule has 2 amide bonds. The number of thioether (sulfide) groups is 1. The molecule has 0 aliphatic carbocycles. The highest BCUT2D eigenvalue weighted by Gasteiger charge is 2.13. The average molecular weight is 410 g/mol. The number of hydrogen-bond donors (Lipinski definition) is 1. The van der Waals surface area contributed by atoms with Crippen LogP contribution in [0.25, 0.3) is 11.5 Å². The van der Waals surface area contributed by atoms with Gasteiger partial charge in [0, 0.05) is 29.9 Å². The molecule has 0 saturated heterocycles. The second-order valence-electron chi connectivity index (χ2n) is 6.13. The summed E-state index contributed by atoms with van der Waals surface area (Å²) in [5, 5.41) is 11.1. The van der Waals surface area contributed by atoms with E-state index in [-0.39, 0.29) is 17.6 Å². The molecule has 0 aliphatic rings. The molecule has 3 rings (SSSR count). The van der Waals surface area contributed by atoms with Crippen LogP contribution in [-0.4, -0.2) is 45.8 Å². The van der Waals surface area contributed by atoms with Gasteiger partial charge in [-0.15, -0.1) is 10.2 Å². The molecular formula is C21H22N4O3S. The number of amides is 2. The molecule has 0 bridgehead atoms. The van der Waals surface area contributed by atoms with Crippen molar-refractivity contribution in [3.05, 3.63) is 60.2 Å². The van der Waals surface area contributed by atoms with Gasteiger partial charge in [0.15, 0.2) is 0 Å². The van der Waals surface area contributed by atoms with Gasteiger partial charge in [-0.25, -0.2) is 0 Å². The summed E-state index contributed by atoms with van der Waals surface area (Å²) in [7, 11) is 0. The fourth-order valence-electron chi connectivity index (χ4n) is 2.68. The van der Waals surface area contributed by atoms with E-state index in [1.807, 2.05) is 44.2 Å². The summed E-state index contributed by atoms with van der Waals surface area (Å²) in [4.78, 5) is 26.2. The molecule has 1 heterocycles. The molecule has 0 fully saturated rings. The minimum Gasteiger partial charge on any atom is -0.411 e. The molecule has 1 aromatic heterocycles. The van der Waals surface area contributed by atoms with Crippen LogP contribution in [0.15, 0.2) is 64.2 Å². The fraction of sp³-hybridized carbons (Fsp3) is 0.238. The van der Waals surface area contributed by atoms with Gasteiger partial charge < -0.3 is 14.6 Å². The molecule has 150 valence electrons. The number of nitrogens with zero attached hydrogens (tertiary/aromatic N) is 3. The molecule has 0 spiro atoms. The Hall–Kier alpha value is -3.13. The molecule has 8 heteroatoms. The predicted octanol–water partition coefficient (Wildman–Crippen LogP) is 3.95. The van der Waals surface area contributed by atoms with Crippen molar-refractivity contribution in [3.8, 4) is 11.5 Å². The number of carbonyl (C=O) groups is 2. The molecule has 0 unspecified atom stereocenters. The van der Waals surface area contributed by atoms with Crippen molar-refractivity contribution in [1.82, 2.24) is 15.1 Å². The molecule has 3 aromatic rings. The second kappa shape index (κ2) is 9.88. The third kappa shape index (κ3) is 5.45. The van der Waals surface area contributed by atoms with E-state index in [1.54, 1.807) is 29.2 Å². The van der Waals surface area contributed by atoms with Crippen molar-refractivity contribution in [2.45, 2.75) is 19.1 Å². The van der Waals surface area contributed by atoms with Crippen molar-refractivity contribution in [3.63, 3.8) is 0 Å². The quantitative estimate of drug-likeness (QED) is 0.566. The number of anilines is 1. The van der Waals surface area contributed by atoms with E-state index in [1.165, 1.54) is 11.8 Å². The smallest absolute Gasteiger partial charge is 0.277 e. The lowest BCUT2D eigenvalue weighted by Crippen LogP contribution is -2.30. The molecule has 0 atom stereocenters. The Balaban J connectivity index is 1.52.